The molecule has 3 rings (SSSR count). The molecule has 0 saturated heterocycles. The van der Waals surface area contributed by atoms with Crippen LogP contribution in [0.3, 0.4) is 0 Å². The van der Waals surface area contributed by atoms with Gasteiger partial charge in [0.05, 0.1) is 12.2 Å². The SMILES string of the molecule is CC(C)(F)COc1ncc(-c2ccc(=O)n(Cc3cccc(F)c3)n2)cn1. The van der Waals surface area contributed by atoms with Gasteiger partial charge in [-0.05, 0) is 37.6 Å². The molecule has 0 unspecified atom stereocenters. The Balaban J connectivity index is 1.80. The van der Waals surface area contributed by atoms with Crippen LogP contribution in [0.25, 0.3) is 11.3 Å². The monoisotopic (exact) mass is 372 g/mol. The molecule has 0 bridgehead atoms. The van der Waals surface area contributed by atoms with Gasteiger partial charge in [0.25, 0.3) is 5.56 Å². The number of hydrogen-bond donors (Lipinski definition) is 0. The Morgan fingerprint density at radius 3 is 2.56 bits per heavy atom. The number of hydrogen-bond acceptors (Lipinski definition) is 5. The largest absolute Gasteiger partial charge is 0.460 e. The zero-order chi connectivity index (χ0) is 19.4. The lowest BCUT2D eigenvalue weighted by Gasteiger charge is -2.13. The van der Waals surface area contributed by atoms with Crippen molar-refractivity contribution in [2.45, 2.75) is 26.1 Å². The van der Waals surface area contributed by atoms with Crippen LogP contribution >= 0.6 is 0 Å². The van der Waals surface area contributed by atoms with Gasteiger partial charge in [-0.1, -0.05) is 12.1 Å². The molecule has 0 aliphatic heterocycles. The Kier molecular flexibility index (Phi) is 5.25. The van der Waals surface area contributed by atoms with Crippen LogP contribution < -0.4 is 10.3 Å². The maximum absolute atomic E-state index is 13.5. The Bertz CT molecular complexity index is 982. The Hall–Kier alpha value is -3.16. The molecule has 0 aliphatic carbocycles. The number of ether oxygens (including phenoxy) is 1. The Morgan fingerprint density at radius 1 is 1.15 bits per heavy atom. The van der Waals surface area contributed by atoms with E-state index in [9.17, 15) is 13.6 Å². The van der Waals surface area contributed by atoms with Crippen LogP contribution in [-0.4, -0.2) is 32.0 Å². The second kappa shape index (κ2) is 7.61. The van der Waals surface area contributed by atoms with Crippen LogP contribution in [0.15, 0.2) is 53.6 Å². The first-order chi connectivity index (χ1) is 12.8. The molecule has 0 N–H and O–H groups in total. The number of benzene rings is 1. The molecule has 0 fully saturated rings. The summed E-state index contributed by atoms with van der Waals surface area (Å²) in [4.78, 5) is 20.1. The van der Waals surface area contributed by atoms with Crippen molar-refractivity contribution in [2.24, 2.45) is 0 Å². The van der Waals surface area contributed by atoms with Crippen LogP contribution in [0.1, 0.15) is 19.4 Å². The summed E-state index contributed by atoms with van der Waals surface area (Å²) in [5.74, 6) is -0.378. The average molecular weight is 372 g/mol. The minimum Gasteiger partial charge on any atom is -0.460 e. The molecule has 2 aromatic heterocycles. The van der Waals surface area contributed by atoms with Crippen LogP contribution in [0.5, 0.6) is 6.01 Å². The van der Waals surface area contributed by atoms with E-state index in [4.69, 9.17) is 4.74 Å². The van der Waals surface area contributed by atoms with Gasteiger partial charge in [0, 0.05) is 24.0 Å². The predicted octanol–water partition coefficient (Wildman–Crippen LogP) is 3.01. The molecule has 0 spiro atoms. The molecule has 1 aromatic carbocycles. The van der Waals surface area contributed by atoms with Crippen molar-refractivity contribution in [3.05, 3.63) is 70.5 Å². The molecule has 2 heterocycles. The van der Waals surface area contributed by atoms with Crippen molar-refractivity contribution in [1.29, 1.82) is 0 Å². The maximum Gasteiger partial charge on any atom is 0.316 e. The van der Waals surface area contributed by atoms with E-state index in [2.05, 4.69) is 15.1 Å². The zero-order valence-corrected chi connectivity index (χ0v) is 14.9. The highest BCUT2D eigenvalue weighted by atomic mass is 19.1. The molecule has 8 heteroatoms. The molecule has 0 saturated carbocycles. The standard InChI is InChI=1S/C19H18F2N4O2/c1-19(2,21)12-27-18-22-9-14(10-23-18)16-6-7-17(26)25(24-16)11-13-4-3-5-15(20)8-13/h3-10H,11-12H2,1-2H3. The number of nitrogens with zero attached hydrogens (tertiary/aromatic N) is 4. The quantitative estimate of drug-likeness (QED) is 0.665. The fourth-order valence-electron chi connectivity index (χ4n) is 2.28. The van der Waals surface area contributed by atoms with E-state index in [-0.39, 0.29) is 30.5 Å². The van der Waals surface area contributed by atoms with Crippen LogP contribution in [0, 0.1) is 5.82 Å². The van der Waals surface area contributed by atoms with Crippen molar-refractivity contribution in [3.63, 3.8) is 0 Å². The molecule has 140 valence electrons. The molecule has 0 atom stereocenters. The van der Waals surface area contributed by atoms with Gasteiger partial charge < -0.3 is 4.74 Å². The lowest BCUT2D eigenvalue weighted by atomic mass is 10.2. The lowest BCUT2D eigenvalue weighted by Crippen LogP contribution is -2.23. The minimum absolute atomic E-state index is 0.0533. The fraction of sp³-hybridized carbons (Fsp3) is 0.263. The highest BCUT2D eigenvalue weighted by Gasteiger charge is 2.17. The van der Waals surface area contributed by atoms with Crippen molar-refractivity contribution >= 4 is 0 Å². The smallest absolute Gasteiger partial charge is 0.316 e. The van der Waals surface area contributed by atoms with Crippen molar-refractivity contribution in [1.82, 2.24) is 19.7 Å². The topological polar surface area (TPSA) is 69.9 Å². The van der Waals surface area contributed by atoms with Gasteiger partial charge in [0.15, 0.2) is 0 Å². The fourth-order valence-corrected chi connectivity index (χ4v) is 2.28. The van der Waals surface area contributed by atoms with E-state index < -0.39 is 5.67 Å². The number of aromatic nitrogens is 4. The first kappa shape index (κ1) is 18.6. The third-order valence-electron chi connectivity index (χ3n) is 3.56. The van der Waals surface area contributed by atoms with E-state index in [1.54, 1.807) is 18.2 Å². The molecular formula is C19H18F2N4O2. The van der Waals surface area contributed by atoms with Gasteiger partial charge >= 0.3 is 6.01 Å². The maximum atomic E-state index is 13.5. The predicted molar refractivity (Wildman–Crippen MR) is 95.7 cm³/mol. The Labute approximate surface area is 154 Å². The first-order valence-electron chi connectivity index (χ1n) is 8.27. The summed E-state index contributed by atoms with van der Waals surface area (Å²) in [6, 6.07) is 8.95. The molecule has 27 heavy (non-hydrogen) atoms. The summed E-state index contributed by atoms with van der Waals surface area (Å²) < 4.78 is 33.2. The molecule has 3 aromatic rings. The normalized spacial score (nSPS) is 11.4. The molecule has 0 aliphatic rings. The van der Waals surface area contributed by atoms with Crippen molar-refractivity contribution in [3.8, 4) is 17.3 Å². The summed E-state index contributed by atoms with van der Waals surface area (Å²) >= 11 is 0. The highest BCUT2D eigenvalue weighted by Crippen LogP contribution is 2.16. The summed E-state index contributed by atoms with van der Waals surface area (Å²) in [7, 11) is 0. The van der Waals surface area contributed by atoms with Crippen molar-refractivity contribution in [2.75, 3.05) is 6.61 Å². The van der Waals surface area contributed by atoms with Gasteiger partial charge in [0.1, 0.15) is 18.1 Å². The van der Waals surface area contributed by atoms with E-state index >= 15 is 0 Å². The molecule has 0 radical (unpaired) electrons. The van der Waals surface area contributed by atoms with Crippen LogP contribution in [0.2, 0.25) is 0 Å². The summed E-state index contributed by atoms with van der Waals surface area (Å²) in [5, 5.41) is 4.28. The highest BCUT2D eigenvalue weighted by molar-refractivity contribution is 5.55. The number of halogens is 2. The first-order valence-corrected chi connectivity index (χ1v) is 8.27. The summed E-state index contributed by atoms with van der Waals surface area (Å²) in [5.41, 5.74) is -0.140. The second-order valence-electron chi connectivity index (χ2n) is 6.61. The number of rotatable bonds is 6. The minimum atomic E-state index is -1.49. The van der Waals surface area contributed by atoms with Gasteiger partial charge in [-0.15, -0.1) is 0 Å². The van der Waals surface area contributed by atoms with Crippen LogP contribution in [-0.2, 0) is 6.54 Å². The van der Waals surface area contributed by atoms with Gasteiger partial charge in [0.2, 0.25) is 0 Å². The van der Waals surface area contributed by atoms with E-state index in [1.807, 2.05) is 0 Å². The summed E-state index contributed by atoms with van der Waals surface area (Å²) in [6.45, 7) is 2.77. The van der Waals surface area contributed by atoms with Gasteiger partial charge in [-0.25, -0.2) is 23.4 Å². The third-order valence-corrected chi connectivity index (χ3v) is 3.56. The molecule has 0 amide bonds. The number of alkyl halides is 1. The van der Waals surface area contributed by atoms with E-state index in [0.29, 0.717) is 16.8 Å². The van der Waals surface area contributed by atoms with Crippen molar-refractivity contribution < 1.29 is 13.5 Å². The summed E-state index contributed by atoms with van der Waals surface area (Å²) in [6.07, 6.45) is 2.96. The third kappa shape index (κ3) is 5.16. The average Bonchev–Trinajstić information content (AvgIpc) is 2.62. The van der Waals surface area contributed by atoms with E-state index in [0.717, 1.165) is 0 Å². The van der Waals surface area contributed by atoms with Gasteiger partial charge in [-0.2, -0.15) is 5.10 Å². The van der Waals surface area contributed by atoms with Crippen LogP contribution in [0.4, 0.5) is 8.78 Å². The Morgan fingerprint density at radius 2 is 1.89 bits per heavy atom. The van der Waals surface area contributed by atoms with E-state index in [1.165, 1.54) is 49.1 Å². The lowest BCUT2D eigenvalue weighted by molar-refractivity contribution is 0.113. The molecular weight excluding hydrogens is 354 g/mol. The zero-order valence-electron chi connectivity index (χ0n) is 14.9. The second-order valence-corrected chi connectivity index (χ2v) is 6.61. The molecule has 6 nitrogen and oxygen atoms in total. The van der Waals surface area contributed by atoms with Gasteiger partial charge in [-0.3, -0.25) is 4.79 Å².